The Balaban J connectivity index is 0.000000424. The van der Waals surface area contributed by atoms with Gasteiger partial charge >= 0.3 is 11.6 Å². The van der Waals surface area contributed by atoms with E-state index in [1.165, 1.54) is 5.57 Å². The van der Waals surface area contributed by atoms with Crippen LogP contribution in [0.3, 0.4) is 0 Å². The van der Waals surface area contributed by atoms with Crippen LogP contribution >= 0.6 is 0 Å². The van der Waals surface area contributed by atoms with Crippen LogP contribution < -0.4 is 0 Å². The van der Waals surface area contributed by atoms with Gasteiger partial charge in [0.15, 0.2) is 0 Å². The lowest BCUT2D eigenvalue weighted by Gasteiger charge is -2.00. The van der Waals surface area contributed by atoms with Crippen molar-refractivity contribution in [2.75, 3.05) is 0 Å². The van der Waals surface area contributed by atoms with Gasteiger partial charge in [0.2, 0.25) is 0 Å². The Morgan fingerprint density at radius 2 is 2.00 bits per heavy atom. The van der Waals surface area contributed by atoms with E-state index < -0.39 is 11.6 Å². The summed E-state index contributed by atoms with van der Waals surface area (Å²) in [5.41, 5.74) is 1.37. The molecule has 0 spiro atoms. The van der Waals surface area contributed by atoms with Crippen LogP contribution in [0, 0.1) is 5.92 Å². The molecule has 1 unspecified atom stereocenters. The first-order chi connectivity index (χ1) is 6.20. The molecule has 0 fully saturated rings. The average Bonchev–Trinajstić information content (AvgIpc) is 2.07. The lowest BCUT2D eigenvalue weighted by Crippen LogP contribution is -1.84. The summed E-state index contributed by atoms with van der Waals surface area (Å²) in [6, 6.07) is 0. The lowest BCUT2D eigenvalue weighted by atomic mass is 10.1. The molecule has 0 radical (unpaired) electrons. The van der Waals surface area contributed by atoms with E-state index >= 15 is 0 Å². The van der Waals surface area contributed by atoms with E-state index in [0.29, 0.717) is 5.92 Å². The molecule has 0 amide bonds. The smallest absolute Gasteiger partial charge is 0.168 e. The molecule has 0 aromatic heterocycles. The zero-order valence-corrected chi connectivity index (χ0v) is 8.71. The molecule has 1 aliphatic carbocycles. The maximum atomic E-state index is 8.29. The summed E-state index contributed by atoms with van der Waals surface area (Å²) in [4.78, 5) is 0. The molecule has 3 heteroatoms. The second kappa shape index (κ2) is 7.68. The molecule has 0 saturated heterocycles. The maximum Gasteiger partial charge on any atom is 0.335 e. The summed E-state index contributed by atoms with van der Waals surface area (Å²) < 4.78 is 16.6. The molecule has 0 aromatic carbocycles. The quantitative estimate of drug-likeness (QED) is 0.560. The maximum absolute atomic E-state index is 8.29. The number of allylic oxidation sites excluding steroid dienone is 6. The van der Waals surface area contributed by atoms with Gasteiger partial charge in [-0.2, -0.15) is 8.42 Å². The summed E-state index contributed by atoms with van der Waals surface area (Å²) in [6.07, 6.45) is 12.2. The Morgan fingerprint density at radius 3 is 2.62 bits per heavy atom. The Hall–Kier alpha value is -0.960. The molecule has 0 bridgehead atoms. The van der Waals surface area contributed by atoms with Crippen molar-refractivity contribution in [1.82, 2.24) is 0 Å². The second-order valence-electron chi connectivity index (χ2n) is 2.90. The van der Waals surface area contributed by atoms with Crippen molar-refractivity contribution in [3.63, 3.8) is 0 Å². The highest BCUT2D eigenvalue weighted by molar-refractivity contribution is 7.51. The van der Waals surface area contributed by atoms with Crippen molar-refractivity contribution in [2.45, 2.75) is 20.3 Å². The van der Waals surface area contributed by atoms with Gasteiger partial charge in [-0.25, -0.2) is 0 Å². The third-order valence-corrected chi connectivity index (χ3v) is 1.68. The fourth-order valence-corrected chi connectivity index (χ4v) is 0.983. The van der Waals surface area contributed by atoms with E-state index in [9.17, 15) is 0 Å². The van der Waals surface area contributed by atoms with Crippen molar-refractivity contribution < 1.29 is 8.42 Å². The van der Waals surface area contributed by atoms with E-state index in [1.807, 2.05) is 0 Å². The van der Waals surface area contributed by atoms with Crippen LogP contribution in [0.4, 0.5) is 0 Å². The van der Waals surface area contributed by atoms with Crippen molar-refractivity contribution in [3.05, 3.63) is 36.0 Å². The van der Waals surface area contributed by atoms with Gasteiger partial charge in [-0.1, -0.05) is 42.9 Å². The third-order valence-electron chi connectivity index (χ3n) is 1.68. The first-order valence-electron chi connectivity index (χ1n) is 4.14. The minimum absolute atomic E-state index is 0.601. The van der Waals surface area contributed by atoms with Crippen molar-refractivity contribution in [3.8, 4) is 0 Å². The summed E-state index contributed by atoms with van der Waals surface area (Å²) >= 11 is -0.750. The molecule has 0 aromatic rings. The summed E-state index contributed by atoms with van der Waals surface area (Å²) in [5.74, 6) is 0.601. The molecule has 72 valence electrons. The SMILES string of the molecule is CC1=C/CC=CC(C)/C=C\1.O=S=O. The molecule has 0 heterocycles. The van der Waals surface area contributed by atoms with E-state index in [4.69, 9.17) is 8.42 Å². The van der Waals surface area contributed by atoms with Gasteiger partial charge in [-0.15, -0.1) is 0 Å². The average molecular weight is 198 g/mol. The van der Waals surface area contributed by atoms with E-state index in [1.54, 1.807) is 0 Å². The number of hydrogen-bond acceptors (Lipinski definition) is 2. The highest BCUT2D eigenvalue weighted by atomic mass is 32.1. The minimum atomic E-state index is -0.750. The van der Waals surface area contributed by atoms with Crippen LogP contribution in [-0.2, 0) is 11.6 Å². The standard InChI is InChI=1S/C10H14.O2S/c1-9-5-3-4-6-10(2)8-7-9;1-3-2/h3,5-9H,4H2,1-2H3;/b5-3?,8-7-,10-6-;. The Morgan fingerprint density at radius 1 is 1.38 bits per heavy atom. The van der Waals surface area contributed by atoms with Crippen LogP contribution in [0.25, 0.3) is 0 Å². The zero-order chi connectivity index (χ0) is 10.1. The molecular weight excluding hydrogens is 184 g/mol. The van der Waals surface area contributed by atoms with Crippen molar-refractivity contribution >= 4 is 11.6 Å². The molecule has 13 heavy (non-hydrogen) atoms. The van der Waals surface area contributed by atoms with E-state index in [-0.39, 0.29) is 0 Å². The third kappa shape index (κ3) is 7.40. The molecule has 0 saturated carbocycles. The topological polar surface area (TPSA) is 34.1 Å². The second-order valence-corrected chi connectivity index (χ2v) is 3.03. The largest absolute Gasteiger partial charge is 0.335 e. The first kappa shape index (κ1) is 12.0. The van der Waals surface area contributed by atoms with Crippen LogP contribution in [0.5, 0.6) is 0 Å². The van der Waals surface area contributed by atoms with Crippen molar-refractivity contribution in [2.24, 2.45) is 5.92 Å². The predicted octanol–water partition coefficient (Wildman–Crippen LogP) is 2.41. The number of hydrogen-bond donors (Lipinski definition) is 0. The summed E-state index contributed by atoms with van der Waals surface area (Å²) in [5, 5.41) is 0. The van der Waals surface area contributed by atoms with Gasteiger partial charge in [0.25, 0.3) is 0 Å². The molecular formula is C10H14O2S. The first-order valence-corrected chi connectivity index (χ1v) is 4.80. The molecule has 0 N–H and O–H groups in total. The molecule has 1 rings (SSSR count). The van der Waals surface area contributed by atoms with Gasteiger partial charge in [0.1, 0.15) is 0 Å². The Labute approximate surface area is 82.6 Å². The highest BCUT2D eigenvalue weighted by Crippen LogP contribution is 2.08. The normalized spacial score (nSPS) is 26.9. The van der Waals surface area contributed by atoms with Gasteiger partial charge in [0, 0.05) is 0 Å². The Bertz CT molecular complexity index is 258. The molecule has 0 aliphatic heterocycles. The summed E-state index contributed by atoms with van der Waals surface area (Å²) in [6.45, 7) is 4.34. The van der Waals surface area contributed by atoms with Crippen molar-refractivity contribution in [1.29, 1.82) is 0 Å². The monoisotopic (exact) mass is 198 g/mol. The van der Waals surface area contributed by atoms with E-state index in [0.717, 1.165) is 6.42 Å². The van der Waals surface area contributed by atoms with Gasteiger partial charge < -0.3 is 0 Å². The van der Waals surface area contributed by atoms with Crippen LogP contribution in [0.2, 0.25) is 0 Å². The molecule has 2 nitrogen and oxygen atoms in total. The van der Waals surface area contributed by atoms with E-state index in [2.05, 4.69) is 44.2 Å². The lowest BCUT2D eigenvalue weighted by molar-refractivity contribution is 0.630. The zero-order valence-electron chi connectivity index (χ0n) is 7.90. The number of rotatable bonds is 0. The minimum Gasteiger partial charge on any atom is -0.168 e. The highest BCUT2D eigenvalue weighted by Gasteiger charge is 1.91. The predicted molar refractivity (Wildman–Crippen MR) is 54.7 cm³/mol. The fraction of sp³-hybridized carbons (Fsp3) is 0.400. The Kier molecular flexibility index (Phi) is 7.11. The van der Waals surface area contributed by atoms with Crippen LogP contribution in [0.1, 0.15) is 20.3 Å². The molecule has 1 aliphatic rings. The van der Waals surface area contributed by atoms with Crippen LogP contribution in [-0.4, -0.2) is 8.42 Å². The fourth-order valence-electron chi connectivity index (χ4n) is 0.983. The van der Waals surface area contributed by atoms with Gasteiger partial charge in [-0.3, -0.25) is 0 Å². The summed E-state index contributed by atoms with van der Waals surface area (Å²) in [7, 11) is 0. The van der Waals surface area contributed by atoms with Gasteiger partial charge in [0.05, 0.1) is 0 Å². The van der Waals surface area contributed by atoms with Crippen LogP contribution in [0.15, 0.2) is 36.0 Å². The molecule has 1 atom stereocenters. The van der Waals surface area contributed by atoms with Gasteiger partial charge in [-0.05, 0) is 19.3 Å².